The van der Waals surface area contributed by atoms with Gasteiger partial charge in [0.2, 0.25) is 17.7 Å². The number of β-amino-alcohol motifs (C(OH)–C–C–N with tert-alkyl or cyclic N) is 1. The second kappa shape index (κ2) is 22.8. The lowest BCUT2D eigenvalue weighted by molar-refractivity contribution is -0.144. The number of aliphatic hydroxyl groups excluding tert-OH is 1. The first-order chi connectivity index (χ1) is 33.1. The van der Waals surface area contributed by atoms with Crippen LogP contribution in [0.3, 0.4) is 0 Å². The van der Waals surface area contributed by atoms with Crippen LogP contribution in [0.4, 0.5) is 10.1 Å². The van der Waals surface area contributed by atoms with Crippen molar-refractivity contribution in [1.82, 2.24) is 45.6 Å². The summed E-state index contributed by atoms with van der Waals surface area (Å²) in [5, 5.41) is 36.4. The summed E-state index contributed by atoms with van der Waals surface area (Å²) < 4.78 is 33.3. The van der Waals surface area contributed by atoms with Gasteiger partial charge in [-0.3, -0.25) is 19.2 Å². The van der Waals surface area contributed by atoms with Gasteiger partial charge in [-0.1, -0.05) is 45.0 Å². The number of ether oxygens (including phenoxy) is 3. The number of hydrogen-bond donors (Lipinski definition) is 5. The number of amides is 4. The molecule has 366 valence electrons. The van der Waals surface area contributed by atoms with Crippen LogP contribution in [0.1, 0.15) is 74.1 Å². The number of nitriles is 1. The van der Waals surface area contributed by atoms with E-state index in [4.69, 9.17) is 14.2 Å². The van der Waals surface area contributed by atoms with Crippen LogP contribution in [0.5, 0.6) is 0 Å². The zero-order valence-electron chi connectivity index (χ0n) is 39.2. The maximum atomic E-state index is 15.2. The lowest BCUT2D eigenvalue weighted by atomic mass is 9.85. The zero-order valence-corrected chi connectivity index (χ0v) is 40.1. The molecule has 2 aliphatic rings. The van der Waals surface area contributed by atoms with E-state index >= 15 is 4.39 Å². The largest absolute Gasteiger partial charge is 0.391 e. The van der Waals surface area contributed by atoms with Crippen molar-refractivity contribution in [1.29, 1.82) is 5.26 Å². The molecule has 1 aliphatic heterocycles. The lowest BCUT2D eigenvalue weighted by Gasteiger charge is -2.35. The molecule has 4 amide bonds. The summed E-state index contributed by atoms with van der Waals surface area (Å²) in [6.45, 7) is 8.76. The van der Waals surface area contributed by atoms with E-state index in [1.807, 2.05) is 31.2 Å². The van der Waals surface area contributed by atoms with Crippen molar-refractivity contribution in [3.05, 3.63) is 82.9 Å². The molecule has 3 unspecified atom stereocenters. The quantitative estimate of drug-likeness (QED) is 0.0616. The van der Waals surface area contributed by atoms with Crippen molar-refractivity contribution in [2.24, 2.45) is 5.41 Å². The molecule has 69 heavy (non-hydrogen) atoms. The number of fused-ring (bicyclic) bond motifs is 1. The number of carbonyl (C=O) groups excluding carboxylic acids is 4. The number of thiazole rings is 1. The Balaban J connectivity index is 0.793. The van der Waals surface area contributed by atoms with Gasteiger partial charge in [0.15, 0.2) is 11.5 Å². The van der Waals surface area contributed by atoms with Gasteiger partial charge in [-0.15, -0.1) is 11.3 Å². The van der Waals surface area contributed by atoms with Gasteiger partial charge in [0.25, 0.3) is 5.91 Å². The number of carbonyl (C=O) groups is 4. The molecule has 21 heteroatoms. The Kier molecular flexibility index (Phi) is 16.6. The molecule has 0 bridgehead atoms. The minimum atomic E-state index is -1.53. The molecule has 5 aromatic rings. The van der Waals surface area contributed by atoms with Crippen LogP contribution >= 0.6 is 11.3 Å². The number of halogens is 1. The number of alkyl halides is 1. The maximum absolute atomic E-state index is 15.2. The van der Waals surface area contributed by atoms with E-state index in [9.17, 15) is 29.5 Å². The van der Waals surface area contributed by atoms with Gasteiger partial charge in [0, 0.05) is 49.4 Å². The van der Waals surface area contributed by atoms with Gasteiger partial charge in [-0.05, 0) is 49.3 Å². The van der Waals surface area contributed by atoms with Crippen LogP contribution in [0.25, 0.3) is 27.3 Å². The molecular weight excluding hydrogens is 910 g/mol. The fourth-order valence-corrected chi connectivity index (χ4v) is 8.49. The zero-order chi connectivity index (χ0) is 49.2. The number of nitrogens with one attached hydrogen (secondary N) is 4. The molecule has 5 atom stereocenters. The van der Waals surface area contributed by atoms with Gasteiger partial charge < -0.3 is 45.5 Å². The number of likely N-dealkylation sites (tertiary alicyclic amines) is 1. The first-order valence-corrected chi connectivity index (χ1v) is 23.7. The van der Waals surface area contributed by atoms with Crippen LogP contribution in [0.15, 0.2) is 60.5 Å². The van der Waals surface area contributed by atoms with Crippen molar-refractivity contribution < 1.29 is 42.9 Å². The van der Waals surface area contributed by atoms with E-state index in [0.29, 0.717) is 28.1 Å². The van der Waals surface area contributed by atoms with Gasteiger partial charge >= 0.3 is 0 Å². The van der Waals surface area contributed by atoms with Crippen molar-refractivity contribution in [2.45, 2.75) is 96.9 Å². The van der Waals surface area contributed by atoms with Crippen LogP contribution in [-0.4, -0.2) is 141 Å². The lowest BCUT2D eigenvalue weighted by Crippen LogP contribution is -2.58. The normalized spacial score (nSPS) is 17.2. The Morgan fingerprint density at radius 3 is 2.46 bits per heavy atom. The van der Waals surface area contributed by atoms with E-state index in [1.165, 1.54) is 22.0 Å². The molecule has 1 aliphatic carbocycles. The number of hydrogen-bond acceptors (Lipinski definition) is 15. The van der Waals surface area contributed by atoms with Crippen molar-refractivity contribution in [3.8, 4) is 22.3 Å². The Morgan fingerprint density at radius 1 is 1.00 bits per heavy atom. The van der Waals surface area contributed by atoms with E-state index in [1.54, 1.807) is 62.9 Å². The smallest absolute Gasteiger partial charge is 0.255 e. The molecule has 7 rings (SSSR count). The highest BCUT2D eigenvalue weighted by Crippen LogP contribution is 2.30. The Labute approximate surface area is 403 Å². The average Bonchev–Trinajstić information content (AvgIpc) is 3.66. The van der Waals surface area contributed by atoms with E-state index in [2.05, 4.69) is 47.4 Å². The number of benzene rings is 1. The molecule has 4 aromatic heterocycles. The molecule has 0 spiro atoms. The second-order valence-electron chi connectivity index (χ2n) is 18.2. The topological polar surface area (TPSA) is 248 Å². The number of nitrogens with zero attached hydrogens (tertiary/aromatic N) is 7. The summed E-state index contributed by atoms with van der Waals surface area (Å²) >= 11 is 1.56. The Hall–Kier alpha value is -6.44. The number of aryl methyl sites for hydroxylation is 1. The highest BCUT2D eigenvalue weighted by Gasteiger charge is 2.44. The predicted molar refractivity (Wildman–Crippen MR) is 254 cm³/mol. The summed E-state index contributed by atoms with van der Waals surface area (Å²) in [4.78, 5) is 69.2. The summed E-state index contributed by atoms with van der Waals surface area (Å²) in [5.41, 5.74) is 5.58. The predicted octanol–water partition coefficient (Wildman–Crippen LogP) is 4.01. The molecule has 19 nitrogen and oxygen atoms in total. The number of aromatic nitrogens is 5. The number of aliphatic hydroxyl groups is 1. The molecule has 2 fully saturated rings. The first-order valence-electron chi connectivity index (χ1n) is 22.8. The molecule has 1 aromatic carbocycles. The number of pyridine rings is 2. The highest BCUT2D eigenvalue weighted by molar-refractivity contribution is 7.13. The van der Waals surface area contributed by atoms with Crippen LogP contribution in [0, 0.1) is 23.7 Å². The minimum Gasteiger partial charge on any atom is -0.391 e. The average molecular weight is 968 g/mol. The molecular formula is C48H58FN11O8S. The maximum Gasteiger partial charge on any atom is 0.255 e. The van der Waals surface area contributed by atoms with Crippen molar-refractivity contribution in [3.63, 3.8) is 0 Å². The fourth-order valence-electron chi connectivity index (χ4n) is 7.67. The number of rotatable bonds is 22. The number of anilines is 1. The Bertz CT molecular complexity index is 2650. The first kappa shape index (κ1) is 50.4. The van der Waals surface area contributed by atoms with E-state index in [0.717, 1.165) is 34.5 Å². The summed E-state index contributed by atoms with van der Waals surface area (Å²) in [5.74, 6) is -1.52. The standard InChI is InChI=1S/C48H58FN11O8S/c1-28-42(69-27-55-28)32-8-6-30(7-9-32)20-53-46(64)39-17-35(61)25-59(39)47(65)43(48(3,4)5)58-41(62)26-67-13-12-66-14-15-68-29(2)37(49)24-54-45(63)36-23-51-40(18-38(36)57-34-10-11-34)60-44-33(22-56-60)16-31(19-50)21-52-44/h6-9,16,18,21-23,27,29,34-35,37,39,43,61H,10-15,17,20,24-26H2,1-5H3,(H,51,57)(H,53,64)(H,54,63)(H,58,62)/t29?,35-,37?,39?,43-/m1/s1. The van der Waals surface area contributed by atoms with Crippen molar-refractivity contribution in [2.75, 3.05) is 51.4 Å². The third kappa shape index (κ3) is 13.2. The molecule has 1 saturated heterocycles. The van der Waals surface area contributed by atoms with Crippen molar-refractivity contribution >= 4 is 51.7 Å². The van der Waals surface area contributed by atoms with Crippen LogP contribution in [0.2, 0.25) is 0 Å². The summed E-state index contributed by atoms with van der Waals surface area (Å²) in [6.07, 6.45) is 3.11. The van der Waals surface area contributed by atoms with E-state index < -0.39 is 59.5 Å². The summed E-state index contributed by atoms with van der Waals surface area (Å²) in [6, 6.07) is 11.5. The molecule has 0 radical (unpaired) electrons. The van der Waals surface area contributed by atoms with Gasteiger partial charge in [0.05, 0.1) is 84.3 Å². The molecule has 5 heterocycles. The SMILES string of the molecule is Cc1ncsc1-c1ccc(CNC(=O)C2C[C@@H](O)CN2C(=O)[C@@H](NC(=O)COCCOCCOC(C)C(F)CNC(=O)c2cnc(-n3ncc4cc(C#N)cnc43)cc2NC2CC2)C(C)(C)C)cc1. The third-order valence-electron chi connectivity index (χ3n) is 11.7. The van der Waals surface area contributed by atoms with Crippen LogP contribution < -0.4 is 21.3 Å². The second-order valence-corrected chi connectivity index (χ2v) is 19.1. The van der Waals surface area contributed by atoms with Gasteiger partial charge in [0.1, 0.15) is 30.9 Å². The van der Waals surface area contributed by atoms with E-state index in [-0.39, 0.29) is 70.7 Å². The fraction of sp³-hybridized carbons (Fsp3) is 0.479. The highest BCUT2D eigenvalue weighted by atomic mass is 32.1. The molecule has 5 N–H and O–H groups in total. The minimum absolute atomic E-state index is 0.0493. The van der Waals surface area contributed by atoms with Gasteiger partial charge in [-0.2, -0.15) is 15.0 Å². The monoisotopic (exact) mass is 967 g/mol. The van der Waals surface area contributed by atoms with Crippen LogP contribution in [-0.2, 0) is 35.1 Å². The summed E-state index contributed by atoms with van der Waals surface area (Å²) in [7, 11) is 0. The van der Waals surface area contributed by atoms with Gasteiger partial charge in [-0.25, -0.2) is 19.3 Å². The molecule has 1 saturated carbocycles. The third-order valence-corrected chi connectivity index (χ3v) is 12.7. The Morgan fingerprint density at radius 2 is 1.75 bits per heavy atom.